The molecule has 0 spiro atoms. The van der Waals surface area contributed by atoms with Gasteiger partial charge in [0.2, 0.25) is 5.91 Å². The Bertz CT molecular complexity index is 1130. The van der Waals surface area contributed by atoms with E-state index in [-0.39, 0.29) is 29.7 Å². The summed E-state index contributed by atoms with van der Waals surface area (Å²) in [7, 11) is 0. The van der Waals surface area contributed by atoms with Crippen molar-refractivity contribution in [3.05, 3.63) is 78.0 Å². The Labute approximate surface area is 188 Å². The number of primary amides is 1. The van der Waals surface area contributed by atoms with Gasteiger partial charge in [-0.2, -0.15) is 0 Å². The molecule has 3 aromatic rings. The van der Waals surface area contributed by atoms with Gasteiger partial charge in [0.25, 0.3) is 5.91 Å². The zero-order valence-corrected chi connectivity index (χ0v) is 18.1. The Kier molecular flexibility index (Phi) is 5.62. The van der Waals surface area contributed by atoms with E-state index in [1.807, 2.05) is 41.3 Å². The molecule has 0 bridgehead atoms. The molecule has 6 heteroatoms. The van der Waals surface area contributed by atoms with Gasteiger partial charge in [-0.3, -0.25) is 19.5 Å². The van der Waals surface area contributed by atoms with Gasteiger partial charge in [0.15, 0.2) is 0 Å². The number of pyridine rings is 1. The Hall–Kier alpha value is -3.25. The first-order valence-electron chi connectivity index (χ1n) is 11.3. The van der Waals surface area contributed by atoms with Crippen LogP contribution in [0.1, 0.15) is 22.3 Å². The fourth-order valence-corrected chi connectivity index (χ4v) is 5.50. The molecule has 3 heterocycles. The third-order valence-electron chi connectivity index (χ3n) is 6.96. The number of aromatic nitrogens is 1. The maximum atomic E-state index is 13.3. The van der Waals surface area contributed by atoms with Crippen molar-refractivity contribution < 1.29 is 9.59 Å². The predicted molar refractivity (Wildman–Crippen MR) is 124 cm³/mol. The molecule has 0 saturated carbocycles. The molecule has 0 aliphatic carbocycles. The minimum atomic E-state index is -0.306. The van der Waals surface area contributed by atoms with E-state index in [1.54, 1.807) is 6.20 Å². The van der Waals surface area contributed by atoms with Crippen LogP contribution in [0.4, 0.5) is 0 Å². The van der Waals surface area contributed by atoms with Crippen LogP contribution in [0.3, 0.4) is 0 Å². The van der Waals surface area contributed by atoms with Crippen molar-refractivity contribution in [3.8, 4) is 0 Å². The highest BCUT2D eigenvalue weighted by Gasteiger charge is 2.50. The van der Waals surface area contributed by atoms with Crippen molar-refractivity contribution in [3.63, 3.8) is 0 Å². The molecule has 32 heavy (non-hydrogen) atoms. The summed E-state index contributed by atoms with van der Waals surface area (Å²) in [5, 5.41) is 0.956. The number of fused-ring (bicyclic) bond motifs is 2. The van der Waals surface area contributed by atoms with Gasteiger partial charge < -0.3 is 10.6 Å². The first-order chi connectivity index (χ1) is 15.6. The fourth-order valence-electron chi connectivity index (χ4n) is 5.50. The second-order valence-electron chi connectivity index (χ2n) is 8.95. The molecule has 1 aromatic heterocycles. The van der Waals surface area contributed by atoms with Crippen molar-refractivity contribution in [2.45, 2.75) is 18.9 Å². The quantitative estimate of drug-likeness (QED) is 0.655. The summed E-state index contributed by atoms with van der Waals surface area (Å²) >= 11 is 0. The molecular weight excluding hydrogens is 400 g/mol. The van der Waals surface area contributed by atoms with Crippen LogP contribution in [0.15, 0.2) is 66.9 Å². The normalized spacial score (nSPS) is 22.9. The van der Waals surface area contributed by atoms with Crippen LogP contribution in [0.2, 0.25) is 0 Å². The van der Waals surface area contributed by atoms with E-state index in [0.29, 0.717) is 18.7 Å². The molecule has 2 unspecified atom stereocenters. The molecular formula is C26H28N4O2. The first-order valence-corrected chi connectivity index (χ1v) is 11.3. The second kappa shape index (κ2) is 8.71. The van der Waals surface area contributed by atoms with Gasteiger partial charge >= 0.3 is 0 Å². The van der Waals surface area contributed by atoms with E-state index >= 15 is 0 Å². The molecule has 2 aliphatic heterocycles. The lowest BCUT2D eigenvalue weighted by molar-refractivity contribution is -0.123. The highest BCUT2D eigenvalue weighted by Crippen LogP contribution is 2.37. The summed E-state index contributed by atoms with van der Waals surface area (Å²) < 4.78 is 0. The van der Waals surface area contributed by atoms with E-state index < -0.39 is 0 Å². The van der Waals surface area contributed by atoms with Crippen LogP contribution in [0.5, 0.6) is 0 Å². The molecule has 2 fully saturated rings. The minimum Gasteiger partial charge on any atom is -0.368 e. The molecule has 6 nitrogen and oxygen atoms in total. The Morgan fingerprint density at radius 1 is 0.969 bits per heavy atom. The third-order valence-corrected chi connectivity index (χ3v) is 6.96. The number of para-hydroxylation sites is 1. The van der Waals surface area contributed by atoms with Crippen LogP contribution in [0, 0.1) is 11.8 Å². The standard InChI is InChI=1S/C26H28N4O2/c27-25(31)24-22-17-30(26(32)21-12-4-10-19-11-5-13-28-23(19)21)16-20(22)15-29(24)14-6-9-18-7-2-1-3-8-18/h1-5,7-8,10-13,20,22,24H,6,9,14-17H2,(H2,27,31)/t20?,22-,24?/m1/s1. The van der Waals surface area contributed by atoms with Crippen LogP contribution >= 0.6 is 0 Å². The number of nitrogens with two attached hydrogens (primary N) is 1. The van der Waals surface area contributed by atoms with Crippen LogP contribution < -0.4 is 5.73 Å². The van der Waals surface area contributed by atoms with E-state index in [0.717, 1.165) is 36.8 Å². The van der Waals surface area contributed by atoms with Gasteiger partial charge in [0.1, 0.15) is 0 Å². The SMILES string of the molecule is NC(=O)C1[C@@H]2CN(C(=O)c3cccc4cccnc34)CC2CN1CCCc1ccccc1. The first kappa shape index (κ1) is 20.6. The summed E-state index contributed by atoms with van der Waals surface area (Å²) in [5.41, 5.74) is 8.50. The van der Waals surface area contributed by atoms with Crippen LogP contribution in [0.25, 0.3) is 10.9 Å². The van der Waals surface area contributed by atoms with Gasteiger partial charge in [-0.1, -0.05) is 48.5 Å². The number of carbonyl (C=O) groups is 2. The second-order valence-corrected chi connectivity index (χ2v) is 8.95. The van der Waals surface area contributed by atoms with Crippen LogP contribution in [-0.4, -0.2) is 58.8 Å². The summed E-state index contributed by atoms with van der Waals surface area (Å²) in [6, 6.07) is 19.6. The lowest BCUT2D eigenvalue weighted by Gasteiger charge is -2.27. The Morgan fingerprint density at radius 3 is 2.59 bits per heavy atom. The average molecular weight is 429 g/mol. The summed E-state index contributed by atoms with van der Waals surface area (Å²) in [5.74, 6) is 0.0770. The van der Waals surface area contributed by atoms with Gasteiger partial charge in [-0.15, -0.1) is 0 Å². The van der Waals surface area contributed by atoms with E-state index in [4.69, 9.17) is 5.73 Å². The van der Waals surface area contributed by atoms with Gasteiger partial charge in [-0.25, -0.2) is 0 Å². The lowest BCUT2D eigenvalue weighted by Crippen LogP contribution is -2.46. The van der Waals surface area contributed by atoms with Gasteiger partial charge in [-0.05, 0) is 43.0 Å². The number of likely N-dealkylation sites (tertiary alicyclic amines) is 2. The molecule has 2 saturated heterocycles. The predicted octanol–water partition coefficient (Wildman–Crippen LogP) is 2.73. The van der Waals surface area contributed by atoms with E-state index in [9.17, 15) is 9.59 Å². The average Bonchev–Trinajstić information content (AvgIpc) is 3.36. The van der Waals surface area contributed by atoms with E-state index in [1.165, 1.54) is 5.56 Å². The number of rotatable bonds is 6. The lowest BCUT2D eigenvalue weighted by atomic mass is 9.94. The molecule has 164 valence electrons. The molecule has 2 aromatic carbocycles. The summed E-state index contributed by atoms with van der Waals surface area (Å²) in [6.07, 6.45) is 3.68. The maximum Gasteiger partial charge on any atom is 0.256 e. The maximum absolute atomic E-state index is 13.3. The van der Waals surface area contributed by atoms with Crippen molar-refractivity contribution in [1.82, 2.24) is 14.8 Å². The van der Waals surface area contributed by atoms with Gasteiger partial charge in [0.05, 0.1) is 17.1 Å². The van der Waals surface area contributed by atoms with Gasteiger partial charge in [0, 0.05) is 37.1 Å². The molecule has 3 atom stereocenters. The number of benzene rings is 2. The Balaban J connectivity index is 1.27. The highest BCUT2D eigenvalue weighted by molar-refractivity contribution is 6.05. The molecule has 5 rings (SSSR count). The zero-order chi connectivity index (χ0) is 22.1. The number of nitrogens with zero attached hydrogens (tertiary/aromatic N) is 3. The summed E-state index contributed by atoms with van der Waals surface area (Å²) in [4.78, 5) is 34.3. The number of carbonyl (C=O) groups excluding carboxylic acids is 2. The number of hydrogen-bond acceptors (Lipinski definition) is 4. The third kappa shape index (κ3) is 3.86. The molecule has 2 N–H and O–H groups in total. The number of amides is 2. The molecule has 2 amide bonds. The van der Waals surface area contributed by atoms with Crippen molar-refractivity contribution in [1.29, 1.82) is 0 Å². The highest BCUT2D eigenvalue weighted by atomic mass is 16.2. The monoisotopic (exact) mass is 428 g/mol. The van der Waals surface area contributed by atoms with E-state index in [2.05, 4.69) is 34.1 Å². The van der Waals surface area contributed by atoms with Crippen molar-refractivity contribution in [2.75, 3.05) is 26.2 Å². The van der Waals surface area contributed by atoms with Crippen LogP contribution in [-0.2, 0) is 11.2 Å². The topological polar surface area (TPSA) is 79.5 Å². The van der Waals surface area contributed by atoms with Crippen molar-refractivity contribution >= 4 is 22.7 Å². The number of aryl methyl sites for hydroxylation is 1. The number of hydrogen-bond donors (Lipinski definition) is 1. The smallest absolute Gasteiger partial charge is 0.256 e. The minimum absolute atomic E-state index is 0.0115. The molecule has 0 radical (unpaired) electrons. The summed E-state index contributed by atoms with van der Waals surface area (Å²) in [6.45, 7) is 2.88. The zero-order valence-electron chi connectivity index (χ0n) is 18.1. The van der Waals surface area contributed by atoms with Crippen molar-refractivity contribution in [2.24, 2.45) is 17.6 Å². The fraction of sp³-hybridized carbons (Fsp3) is 0.346. The largest absolute Gasteiger partial charge is 0.368 e. The Morgan fingerprint density at radius 2 is 1.78 bits per heavy atom. The molecule has 2 aliphatic rings.